The van der Waals surface area contributed by atoms with E-state index in [2.05, 4.69) is 45.8 Å². The standard InChI is InChI=1S/C27H21F6N7O5/c1-43-22-5-3-2-4-20(22)36-23-12-24(39-35-14-16-10-18(6-7-21(16)42)44-26(28,29)30)38-25(37-23)40-34-13-15-8-17(41)11-19(9-15)45-27(31,32)33/h2-14,41-42H,1H3,(H3,36,37,38,39,40). The van der Waals surface area contributed by atoms with Gasteiger partial charge in [-0.25, -0.2) is 5.43 Å². The van der Waals surface area contributed by atoms with Crippen LogP contribution >= 0.6 is 0 Å². The molecule has 3 aromatic carbocycles. The van der Waals surface area contributed by atoms with E-state index in [1.807, 2.05) is 0 Å². The van der Waals surface area contributed by atoms with Crippen molar-refractivity contribution in [3.05, 3.63) is 77.9 Å². The van der Waals surface area contributed by atoms with Gasteiger partial charge in [0.1, 0.15) is 34.6 Å². The minimum Gasteiger partial charge on any atom is -0.508 e. The van der Waals surface area contributed by atoms with Crippen molar-refractivity contribution in [2.45, 2.75) is 12.7 Å². The van der Waals surface area contributed by atoms with Crippen molar-refractivity contribution < 1.29 is 50.8 Å². The van der Waals surface area contributed by atoms with Gasteiger partial charge in [-0.2, -0.15) is 20.2 Å². The van der Waals surface area contributed by atoms with Gasteiger partial charge in [0.05, 0.1) is 25.2 Å². The molecule has 0 radical (unpaired) electrons. The first-order valence-electron chi connectivity index (χ1n) is 12.3. The Morgan fingerprint density at radius 1 is 0.756 bits per heavy atom. The highest BCUT2D eigenvalue weighted by atomic mass is 19.4. The number of nitrogens with zero attached hydrogens (tertiary/aromatic N) is 4. The molecule has 4 rings (SSSR count). The fourth-order valence-corrected chi connectivity index (χ4v) is 3.54. The second-order valence-electron chi connectivity index (χ2n) is 8.60. The number of phenols is 2. The van der Waals surface area contributed by atoms with Crippen LogP contribution in [0.25, 0.3) is 0 Å². The number of hydrazone groups is 2. The van der Waals surface area contributed by atoms with Gasteiger partial charge in [-0.05, 0) is 42.5 Å². The molecule has 0 fully saturated rings. The highest BCUT2D eigenvalue weighted by Gasteiger charge is 2.32. The summed E-state index contributed by atoms with van der Waals surface area (Å²) in [4.78, 5) is 8.43. The number of aromatic hydroxyl groups is 2. The van der Waals surface area contributed by atoms with Crippen LogP contribution in [-0.4, -0.2) is 52.4 Å². The Hall–Kier alpha value is -5.94. The molecule has 0 aliphatic rings. The van der Waals surface area contributed by atoms with Crippen LogP contribution in [0.5, 0.6) is 28.7 Å². The molecule has 5 N–H and O–H groups in total. The zero-order valence-electron chi connectivity index (χ0n) is 22.7. The summed E-state index contributed by atoms with van der Waals surface area (Å²) in [6, 6.07) is 14.0. The van der Waals surface area contributed by atoms with Crippen LogP contribution in [0.2, 0.25) is 0 Å². The van der Waals surface area contributed by atoms with E-state index in [1.165, 1.54) is 13.2 Å². The molecule has 0 atom stereocenters. The lowest BCUT2D eigenvalue weighted by atomic mass is 10.2. The van der Waals surface area contributed by atoms with Gasteiger partial charge in [-0.15, -0.1) is 26.3 Å². The number of ether oxygens (including phenoxy) is 3. The van der Waals surface area contributed by atoms with E-state index in [0.29, 0.717) is 11.4 Å². The zero-order chi connectivity index (χ0) is 32.6. The molecular weight excluding hydrogens is 616 g/mol. The molecular formula is C27H21F6N7O5. The second-order valence-corrected chi connectivity index (χ2v) is 8.60. The van der Waals surface area contributed by atoms with Crippen LogP contribution in [0.15, 0.2) is 76.9 Å². The SMILES string of the molecule is COc1ccccc1Nc1cc(NN=Cc2cc(OC(F)(F)F)ccc2O)nc(NN=Cc2cc(O)cc(OC(F)(F)F)c2)n1. The largest absolute Gasteiger partial charge is 0.573 e. The molecule has 0 amide bonds. The number of hydrogen-bond donors (Lipinski definition) is 5. The van der Waals surface area contributed by atoms with Crippen molar-refractivity contribution in [3.8, 4) is 28.7 Å². The normalized spacial score (nSPS) is 11.9. The third kappa shape index (κ3) is 10.1. The molecule has 4 aromatic rings. The summed E-state index contributed by atoms with van der Waals surface area (Å²) in [5.41, 5.74) is 5.47. The van der Waals surface area contributed by atoms with Crippen LogP contribution in [0, 0.1) is 0 Å². The molecule has 0 spiro atoms. The summed E-state index contributed by atoms with van der Waals surface area (Å²) in [6.07, 6.45) is -7.84. The van der Waals surface area contributed by atoms with Crippen molar-refractivity contribution in [2.24, 2.45) is 10.2 Å². The van der Waals surface area contributed by atoms with Crippen LogP contribution in [-0.2, 0) is 0 Å². The Morgan fingerprint density at radius 3 is 2.18 bits per heavy atom. The highest BCUT2D eigenvalue weighted by molar-refractivity contribution is 5.84. The topological polar surface area (TPSA) is 155 Å². The van der Waals surface area contributed by atoms with Crippen LogP contribution < -0.4 is 30.4 Å². The van der Waals surface area contributed by atoms with Gasteiger partial charge >= 0.3 is 12.7 Å². The monoisotopic (exact) mass is 637 g/mol. The van der Waals surface area contributed by atoms with E-state index in [-0.39, 0.29) is 34.5 Å². The number of hydrogen-bond acceptors (Lipinski definition) is 12. The maximum atomic E-state index is 12.6. The molecule has 45 heavy (non-hydrogen) atoms. The van der Waals surface area contributed by atoms with Crippen LogP contribution in [0.4, 0.5) is 49.6 Å². The summed E-state index contributed by atoms with van der Waals surface area (Å²) in [7, 11) is 1.46. The highest BCUT2D eigenvalue weighted by Crippen LogP contribution is 2.30. The average molecular weight is 637 g/mol. The van der Waals surface area contributed by atoms with Gasteiger partial charge < -0.3 is 29.7 Å². The molecule has 1 heterocycles. The van der Waals surface area contributed by atoms with E-state index in [9.17, 15) is 36.6 Å². The number of methoxy groups -OCH3 is 1. The quantitative estimate of drug-likeness (QED) is 0.0716. The first-order valence-corrected chi connectivity index (χ1v) is 12.3. The Bertz CT molecular complexity index is 1700. The number of halogens is 6. The fraction of sp³-hybridized carbons (Fsp3) is 0.111. The number of anilines is 4. The predicted octanol–water partition coefficient (Wildman–Crippen LogP) is 6.33. The van der Waals surface area contributed by atoms with E-state index in [4.69, 9.17) is 4.74 Å². The summed E-state index contributed by atoms with van der Waals surface area (Å²) in [6.45, 7) is 0. The number of alkyl halides is 6. The second kappa shape index (κ2) is 13.6. The van der Waals surface area contributed by atoms with E-state index < -0.39 is 30.0 Å². The van der Waals surface area contributed by atoms with Crippen LogP contribution in [0.3, 0.4) is 0 Å². The zero-order valence-corrected chi connectivity index (χ0v) is 22.7. The maximum absolute atomic E-state index is 12.6. The van der Waals surface area contributed by atoms with Gasteiger partial charge in [0.2, 0.25) is 5.95 Å². The number of aromatic nitrogens is 2. The Labute approximate surface area is 249 Å². The molecule has 0 aliphatic heterocycles. The van der Waals surface area contributed by atoms with E-state index in [1.54, 1.807) is 24.3 Å². The first kappa shape index (κ1) is 32.0. The molecule has 12 nitrogen and oxygen atoms in total. The maximum Gasteiger partial charge on any atom is 0.573 e. The van der Waals surface area contributed by atoms with Gasteiger partial charge in [-0.3, -0.25) is 5.43 Å². The lowest BCUT2D eigenvalue weighted by molar-refractivity contribution is -0.275. The average Bonchev–Trinajstić information content (AvgIpc) is 2.93. The van der Waals surface area contributed by atoms with Crippen LogP contribution in [0.1, 0.15) is 11.1 Å². The summed E-state index contributed by atoms with van der Waals surface area (Å²) >= 11 is 0. The molecule has 18 heteroatoms. The van der Waals surface area contributed by atoms with Gasteiger partial charge in [0.25, 0.3) is 0 Å². The van der Waals surface area contributed by atoms with Crippen molar-refractivity contribution >= 4 is 35.7 Å². The Balaban J connectivity index is 1.58. The van der Waals surface area contributed by atoms with E-state index >= 15 is 0 Å². The summed E-state index contributed by atoms with van der Waals surface area (Å²) in [5.74, 6) is -1.64. The van der Waals surface area contributed by atoms with Crippen molar-refractivity contribution in [3.63, 3.8) is 0 Å². The first-order chi connectivity index (χ1) is 21.3. The minimum atomic E-state index is -4.98. The molecule has 1 aromatic heterocycles. The lowest BCUT2D eigenvalue weighted by Gasteiger charge is -2.12. The van der Waals surface area contributed by atoms with Crippen molar-refractivity contribution in [1.82, 2.24) is 9.97 Å². The Morgan fingerprint density at radius 2 is 1.44 bits per heavy atom. The number of nitrogens with one attached hydrogen (secondary N) is 3. The summed E-state index contributed by atoms with van der Waals surface area (Å²) in [5, 5.41) is 30.5. The molecule has 0 unspecified atom stereocenters. The molecule has 0 aliphatic carbocycles. The minimum absolute atomic E-state index is 0.0248. The third-order valence-corrected chi connectivity index (χ3v) is 5.24. The molecule has 0 bridgehead atoms. The fourth-order valence-electron chi connectivity index (χ4n) is 3.54. The Kier molecular flexibility index (Phi) is 9.65. The lowest BCUT2D eigenvalue weighted by Crippen LogP contribution is -2.17. The molecule has 236 valence electrons. The molecule has 0 saturated carbocycles. The number of phenolic OH excluding ortho intramolecular Hbond substituents is 2. The van der Waals surface area contributed by atoms with Gasteiger partial charge in [-0.1, -0.05) is 12.1 Å². The number of rotatable bonds is 11. The van der Waals surface area contributed by atoms with E-state index in [0.717, 1.165) is 48.8 Å². The third-order valence-electron chi connectivity index (χ3n) is 5.24. The molecule has 0 saturated heterocycles. The van der Waals surface area contributed by atoms with Crippen molar-refractivity contribution in [2.75, 3.05) is 23.3 Å². The van der Waals surface area contributed by atoms with Gasteiger partial charge in [0.15, 0.2) is 5.82 Å². The van der Waals surface area contributed by atoms with Gasteiger partial charge in [0, 0.05) is 23.3 Å². The summed E-state index contributed by atoms with van der Waals surface area (Å²) < 4.78 is 88.5. The number of para-hydroxylation sites is 2. The smallest absolute Gasteiger partial charge is 0.508 e. The predicted molar refractivity (Wildman–Crippen MR) is 150 cm³/mol. The number of benzene rings is 3. The van der Waals surface area contributed by atoms with Crippen molar-refractivity contribution in [1.29, 1.82) is 0 Å².